The number of carbonyl (C=O) groups is 1. The lowest BCUT2D eigenvalue weighted by Gasteiger charge is -2.32. The average Bonchev–Trinajstić information content (AvgIpc) is 3.18. The van der Waals surface area contributed by atoms with Crippen molar-refractivity contribution in [1.82, 2.24) is 15.1 Å². The Labute approximate surface area is 130 Å². The number of hydrogen-bond donors (Lipinski definition) is 1. The molecule has 1 aliphatic heterocycles. The molecule has 0 aromatic rings. The first-order valence-electron chi connectivity index (χ1n) is 8.59. The summed E-state index contributed by atoms with van der Waals surface area (Å²) < 4.78 is 0. The second kappa shape index (κ2) is 6.66. The average molecular weight is 295 g/mol. The van der Waals surface area contributed by atoms with Gasteiger partial charge in [-0.05, 0) is 45.1 Å². The monoisotopic (exact) mass is 295 g/mol. The SMILES string of the molecule is CC(C)CC1NC(C(C)C)C(=O)N1CC(C)N(C)C1CC1. The van der Waals surface area contributed by atoms with Crippen LogP contribution in [0, 0.1) is 11.8 Å². The van der Waals surface area contributed by atoms with Crippen molar-refractivity contribution in [2.24, 2.45) is 11.8 Å². The van der Waals surface area contributed by atoms with Gasteiger partial charge in [-0.2, -0.15) is 0 Å². The van der Waals surface area contributed by atoms with Crippen LogP contribution in [0.15, 0.2) is 0 Å². The lowest BCUT2D eigenvalue weighted by molar-refractivity contribution is -0.131. The van der Waals surface area contributed by atoms with Gasteiger partial charge in [0.05, 0.1) is 12.2 Å². The van der Waals surface area contributed by atoms with E-state index in [0.717, 1.165) is 19.0 Å². The molecule has 2 aliphatic rings. The van der Waals surface area contributed by atoms with Crippen molar-refractivity contribution in [1.29, 1.82) is 0 Å². The number of rotatable bonds is 7. The van der Waals surface area contributed by atoms with E-state index in [1.807, 2.05) is 0 Å². The molecular weight excluding hydrogens is 262 g/mol. The van der Waals surface area contributed by atoms with Crippen LogP contribution >= 0.6 is 0 Å². The Balaban J connectivity index is 2.02. The van der Waals surface area contributed by atoms with Crippen LogP contribution in [0.25, 0.3) is 0 Å². The van der Waals surface area contributed by atoms with Gasteiger partial charge in [0.25, 0.3) is 0 Å². The molecule has 3 unspecified atom stereocenters. The Morgan fingerprint density at radius 2 is 1.86 bits per heavy atom. The smallest absolute Gasteiger partial charge is 0.241 e. The number of nitrogens with one attached hydrogen (secondary N) is 1. The molecule has 2 fully saturated rings. The van der Waals surface area contributed by atoms with Gasteiger partial charge in [0.1, 0.15) is 0 Å². The molecule has 2 rings (SSSR count). The molecule has 0 aromatic heterocycles. The maximum absolute atomic E-state index is 12.7. The molecule has 1 saturated carbocycles. The Hall–Kier alpha value is -0.610. The summed E-state index contributed by atoms with van der Waals surface area (Å²) in [6.07, 6.45) is 3.88. The van der Waals surface area contributed by atoms with Gasteiger partial charge < -0.3 is 4.90 Å². The van der Waals surface area contributed by atoms with Gasteiger partial charge in [-0.3, -0.25) is 15.0 Å². The van der Waals surface area contributed by atoms with E-state index in [4.69, 9.17) is 0 Å². The minimum absolute atomic E-state index is 0.00724. The van der Waals surface area contributed by atoms with Gasteiger partial charge in [0, 0.05) is 18.6 Å². The zero-order valence-electron chi connectivity index (χ0n) is 14.6. The third kappa shape index (κ3) is 3.98. The summed E-state index contributed by atoms with van der Waals surface area (Å²) in [4.78, 5) is 17.3. The van der Waals surface area contributed by atoms with E-state index in [0.29, 0.717) is 23.8 Å². The summed E-state index contributed by atoms with van der Waals surface area (Å²) in [5.74, 6) is 1.25. The van der Waals surface area contributed by atoms with Crippen LogP contribution in [0.2, 0.25) is 0 Å². The Bertz CT molecular complexity index is 365. The zero-order valence-corrected chi connectivity index (χ0v) is 14.6. The van der Waals surface area contributed by atoms with Crippen molar-refractivity contribution in [3.63, 3.8) is 0 Å². The first kappa shape index (κ1) is 16.8. The summed E-state index contributed by atoms with van der Waals surface area (Å²) in [6, 6.07) is 1.17. The standard InChI is InChI=1S/C17H33N3O/c1-11(2)9-15-18-16(12(3)4)17(21)20(15)10-13(5)19(6)14-7-8-14/h11-16,18H,7-10H2,1-6H3. The zero-order chi connectivity index (χ0) is 15.7. The summed E-state index contributed by atoms with van der Waals surface area (Å²) in [5, 5.41) is 3.57. The van der Waals surface area contributed by atoms with Gasteiger partial charge in [0.15, 0.2) is 0 Å². The molecule has 1 aliphatic carbocycles. The van der Waals surface area contributed by atoms with Gasteiger partial charge >= 0.3 is 0 Å². The highest BCUT2D eigenvalue weighted by atomic mass is 16.2. The van der Waals surface area contributed by atoms with Crippen molar-refractivity contribution in [2.45, 2.75) is 78.2 Å². The van der Waals surface area contributed by atoms with E-state index < -0.39 is 0 Å². The fourth-order valence-electron chi connectivity index (χ4n) is 3.29. The summed E-state index contributed by atoms with van der Waals surface area (Å²) >= 11 is 0. The van der Waals surface area contributed by atoms with Crippen molar-refractivity contribution < 1.29 is 4.79 Å². The van der Waals surface area contributed by atoms with E-state index in [1.165, 1.54) is 12.8 Å². The van der Waals surface area contributed by atoms with Gasteiger partial charge in [-0.1, -0.05) is 27.7 Å². The lowest BCUT2D eigenvalue weighted by Crippen LogP contribution is -2.46. The molecule has 4 heteroatoms. The third-order valence-corrected chi connectivity index (χ3v) is 4.94. The number of hydrogen-bond acceptors (Lipinski definition) is 3. The van der Waals surface area contributed by atoms with Crippen LogP contribution in [-0.2, 0) is 4.79 Å². The molecule has 122 valence electrons. The Morgan fingerprint density at radius 1 is 1.24 bits per heavy atom. The molecular formula is C17H33N3O. The fraction of sp³-hybridized carbons (Fsp3) is 0.941. The summed E-state index contributed by atoms with van der Waals surface area (Å²) in [5.41, 5.74) is 0. The highest BCUT2D eigenvalue weighted by molar-refractivity contribution is 5.84. The number of likely N-dealkylation sites (N-methyl/N-ethyl adjacent to an activating group) is 1. The maximum atomic E-state index is 12.7. The van der Waals surface area contributed by atoms with Crippen molar-refractivity contribution in [2.75, 3.05) is 13.6 Å². The lowest BCUT2D eigenvalue weighted by atomic mass is 10.0. The van der Waals surface area contributed by atoms with Crippen LogP contribution < -0.4 is 5.32 Å². The molecule has 1 saturated heterocycles. The molecule has 4 nitrogen and oxygen atoms in total. The first-order valence-corrected chi connectivity index (χ1v) is 8.59. The second-order valence-corrected chi connectivity index (χ2v) is 7.77. The number of amides is 1. The van der Waals surface area contributed by atoms with Crippen molar-refractivity contribution in [3.8, 4) is 0 Å². The highest BCUT2D eigenvalue weighted by Crippen LogP contribution is 2.28. The molecule has 3 atom stereocenters. The van der Waals surface area contributed by atoms with E-state index in [9.17, 15) is 4.79 Å². The van der Waals surface area contributed by atoms with Crippen molar-refractivity contribution >= 4 is 5.91 Å². The molecule has 1 amide bonds. The molecule has 0 bridgehead atoms. The minimum Gasteiger partial charge on any atom is -0.324 e. The molecule has 1 heterocycles. The van der Waals surface area contributed by atoms with Crippen LogP contribution in [0.3, 0.4) is 0 Å². The normalized spacial score (nSPS) is 28.2. The second-order valence-electron chi connectivity index (χ2n) is 7.77. The van der Waals surface area contributed by atoms with Crippen LogP contribution in [0.4, 0.5) is 0 Å². The van der Waals surface area contributed by atoms with Gasteiger partial charge in [0.2, 0.25) is 5.91 Å². The predicted octanol–water partition coefficient (Wildman–Crippen LogP) is 2.30. The quantitative estimate of drug-likeness (QED) is 0.783. The number of nitrogens with zero attached hydrogens (tertiary/aromatic N) is 2. The summed E-state index contributed by atoms with van der Waals surface area (Å²) in [7, 11) is 2.20. The van der Waals surface area contributed by atoms with Gasteiger partial charge in [-0.15, -0.1) is 0 Å². The topological polar surface area (TPSA) is 35.6 Å². The molecule has 1 N–H and O–H groups in total. The molecule has 0 aromatic carbocycles. The fourth-order valence-corrected chi connectivity index (χ4v) is 3.29. The third-order valence-electron chi connectivity index (χ3n) is 4.94. The largest absolute Gasteiger partial charge is 0.324 e. The highest BCUT2D eigenvalue weighted by Gasteiger charge is 2.41. The first-order chi connectivity index (χ1) is 9.81. The number of carbonyl (C=O) groups excluding carboxylic acids is 1. The summed E-state index contributed by atoms with van der Waals surface area (Å²) in [6.45, 7) is 11.8. The van der Waals surface area contributed by atoms with E-state index in [1.54, 1.807) is 0 Å². The van der Waals surface area contributed by atoms with Crippen molar-refractivity contribution in [3.05, 3.63) is 0 Å². The van der Waals surface area contributed by atoms with E-state index in [2.05, 4.69) is 56.8 Å². The van der Waals surface area contributed by atoms with E-state index >= 15 is 0 Å². The van der Waals surface area contributed by atoms with Crippen LogP contribution in [0.5, 0.6) is 0 Å². The predicted molar refractivity (Wildman–Crippen MR) is 87.0 cm³/mol. The molecule has 0 spiro atoms. The maximum Gasteiger partial charge on any atom is 0.241 e. The minimum atomic E-state index is -0.00724. The van der Waals surface area contributed by atoms with Crippen LogP contribution in [-0.4, -0.2) is 53.6 Å². The Morgan fingerprint density at radius 3 is 2.33 bits per heavy atom. The van der Waals surface area contributed by atoms with E-state index in [-0.39, 0.29) is 12.2 Å². The molecule has 21 heavy (non-hydrogen) atoms. The Kier molecular flexibility index (Phi) is 5.31. The van der Waals surface area contributed by atoms with Crippen LogP contribution in [0.1, 0.15) is 53.9 Å². The van der Waals surface area contributed by atoms with Gasteiger partial charge in [-0.25, -0.2) is 0 Å². The molecule has 0 radical (unpaired) electrons.